The molecule has 0 unspecified atom stereocenters. The minimum atomic E-state index is -0.152. The van der Waals surface area contributed by atoms with Crippen molar-refractivity contribution in [3.63, 3.8) is 0 Å². The van der Waals surface area contributed by atoms with Gasteiger partial charge in [0.05, 0.1) is 11.9 Å². The summed E-state index contributed by atoms with van der Waals surface area (Å²) in [5.41, 5.74) is 4.01. The molecule has 3 aromatic rings. The van der Waals surface area contributed by atoms with E-state index in [1.807, 2.05) is 50.2 Å². The molecule has 0 bridgehead atoms. The van der Waals surface area contributed by atoms with E-state index >= 15 is 0 Å². The Morgan fingerprint density at radius 1 is 1.10 bits per heavy atom. The summed E-state index contributed by atoms with van der Waals surface area (Å²) in [4.78, 5) is 12.3. The lowest BCUT2D eigenvalue weighted by Gasteiger charge is -2.08. The van der Waals surface area contributed by atoms with Crippen molar-refractivity contribution in [3.05, 3.63) is 64.2 Å². The molecule has 5 heteroatoms. The minimum Gasteiger partial charge on any atom is -0.265 e. The minimum absolute atomic E-state index is 0.152. The maximum Gasteiger partial charge on any atom is 0.292 e. The molecular formula is C16H16N4O. The van der Waals surface area contributed by atoms with Crippen LogP contribution in [0, 0.1) is 13.8 Å². The quantitative estimate of drug-likeness (QED) is 0.723. The largest absolute Gasteiger partial charge is 0.292 e. The zero-order chi connectivity index (χ0) is 15.0. The van der Waals surface area contributed by atoms with Crippen LogP contribution >= 0.6 is 0 Å². The molecule has 106 valence electrons. The van der Waals surface area contributed by atoms with E-state index in [0.717, 1.165) is 22.5 Å². The van der Waals surface area contributed by atoms with Gasteiger partial charge in [0.2, 0.25) is 0 Å². The number of aryl methyl sites for hydroxylation is 3. The molecule has 0 aliphatic rings. The van der Waals surface area contributed by atoms with E-state index in [2.05, 4.69) is 10.2 Å². The first-order valence-electron chi connectivity index (χ1n) is 6.73. The van der Waals surface area contributed by atoms with Gasteiger partial charge in [0.1, 0.15) is 5.69 Å². The van der Waals surface area contributed by atoms with Gasteiger partial charge < -0.3 is 0 Å². The summed E-state index contributed by atoms with van der Waals surface area (Å²) in [5.74, 6) is 0. The van der Waals surface area contributed by atoms with Gasteiger partial charge in [-0.05, 0) is 19.9 Å². The number of hydrogen-bond acceptors (Lipinski definition) is 3. The first-order chi connectivity index (χ1) is 10.1. The maximum atomic E-state index is 12.3. The summed E-state index contributed by atoms with van der Waals surface area (Å²) < 4.78 is 3.02. The second kappa shape index (κ2) is 5.01. The van der Waals surface area contributed by atoms with E-state index in [1.165, 1.54) is 4.68 Å². The van der Waals surface area contributed by atoms with Crippen molar-refractivity contribution >= 4 is 0 Å². The molecule has 0 saturated heterocycles. The van der Waals surface area contributed by atoms with Gasteiger partial charge in [-0.15, -0.1) is 0 Å². The molecule has 0 aliphatic heterocycles. The lowest BCUT2D eigenvalue weighted by atomic mass is 10.1. The highest BCUT2D eigenvalue weighted by Gasteiger charge is 2.14. The number of benzene rings is 1. The molecule has 21 heavy (non-hydrogen) atoms. The smallest absolute Gasteiger partial charge is 0.265 e. The second-order valence-electron chi connectivity index (χ2n) is 5.05. The molecule has 0 fully saturated rings. The summed E-state index contributed by atoms with van der Waals surface area (Å²) in [5, 5.41) is 8.61. The van der Waals surface area contributed by atoms with Gasteiger partial charge in [0.15, 0.2) is 0 Å². The summed E-state index contributed by atoms with van der Waals surface area (Å²) >= 11 is 0. The van der Waals surface area contributed by atoms with Crippen LogP contribution in [0.3, 0.4) is 0 Å². The van der Waals surface area contributed by atoms with Crippen molar-refractivity contribution in [3.8, 4) is 16.9 Å². The van der Waals surface area contributed by atoms with E-state index < -0.39 is 0 Å². The van der Waals surface area contributed by atoms with Crippen molar-refractivity contribution in [2.45, 2.75) is 13.8 Å². The van der Waals surface area contributed by atoms with Crippen LogP contribution in [0.2, 0.25) is 0 Å². The molecular weight excluding hydrogens is 264 g/mol. The van der Waals surface area contributed by atoms with Crippen LogP contribution in [0.1, 0.15) is 11.3 Å². The van der Waals surface area contributed by atoms with Crippen LogP contribution in [-0.2, 0) is 7.05 Å². The van der Waals surface area contributed by atoms with Crippen molar-refractivity contribution < 1.29 is 0 Å². The Bertz CT molecular complexity index is 846. The fourth-order valence-corrected chi connectivity index (χ4v) is 2.32. The van der Waals surface area contributed by atoms with E-state index in [-0.39, 0.29) is 5.56 Å². The SMILES string of the molecule is Cc1cnn(C)c(=O)c1-n1nc(-c2ccccc2)cc1C. The standard InChI is InChI=1S/C16H16N4O/c1-11-10-17-19(3)16(21)15(11)20-12(2)9-14(18-20)13-7-5-4-6-8-13/h4-10H,1-3H3. The van der Waals surface area contributed by atoms with Gasteiger partial charge in [0.25, 0.3) is 5.56 Å². The molecule has 0 aliphatic carbocycles. The number of nitrogens with zero attached hydrogens (tertiary/aromatic N) is 4. The Morgan fingerprint density at radius 3 is 2.52 bits per heavy atom. The van der Waals surface area contributed by atoms with Crippen LogP contribution in [0.15, 0.2) is 47.4 Å². The Hall–Kier alpha value is -2.69. The highest BCUT2D eigenvalue weighted by atomic mass is 16.1. The van der Waals surface area contributed by atoms with Crippen LogP contribution < -0.4 is 5.56 Å². The first-order valence-corrected chi connectivity index (χ1v) is 6.73. The second-order valence-corrected chi connectivity index (χ2v) is 5.05. The van der Waals surface area contributed by atoms with Crippen molar-refractivity contribution in [1.82, 2.24) is 19.6 Å². The zero-order valence-corrected chi connectivity index (χ0v) is 12.2. The first kappa shape index (κ1) is 13.3. The van der Waals surface area contributed by atoms with E-state index in [4.69, 9.17) is 0 Å². The molecule has 0 radical (unpaired) electrons. The van der Waals surface area contributed by atoms with Gasteiger partial charge in [-0.1, -0.05) is 30.3 Å². The molecule has 0 saturated carbocycles. The lowest BCUT2D eigenvalue weighted by molar-refractivity contribution is 0.680. The molecule has 3 rings (SSSR count). The van der Waals surface area contributed by atoms with E-state index in [9.17, 15) is 4.79 Å². The molecule has 0 atom stereocenters. The molecule has 0 amide bonds. The number of hydrogen-bond donors (Lipinski definition) is 0. The summed E-state index contributed by atoms with van der Waals surface area (Å²) in [7, 11) is 1.64. The fourth-order valence-electron chi connectivity index (χ4n) is 2.32. The molecule has 5 nitrogen and oxygen atoms in total. The van der Waals surface area contributed by atoms with Crippen LogP contribution in [0.25, 0.3) is 16.9 Å². The average molecular weight is 280 g/mol. The third-order valence-electron chi connectivity index (χ3n) is 3.46. The Labute approximate surface area is 122 Å². The van der Waals surface area contributed by atoms with Crippen LogP contribution in [0.5, 0.6) is 0 Å². The lowest BCUT2D eigenvalue weighted by Crippen LogP contribution is -2.26. The third-order valence-corrected chi connectivity index (χ3v) is 3.46. The number of rotatable bonds is 2. The number of aromatic nitrogens is 4. The Kier molecular flexibility index (Phi) is 3.17. The molecule has 2 heterocycles. The van der Waals surface area contributed by atoms with Gasteiger partial charge in [0, 0.05) is 23.9 Å². The molecule has 1 aromatic carbocycles. The Morgan fingerprint density at radius 2 is 1.81 bits per heavy atom. The normalized spacial score (nSPS) is 10.8. The van der Waals surface area contributed by atoms with Gasteiger partial charge >= 0.3 is 0 Å². The van der Waals surface area contributed by atoms with Gasteiger partial charge in [-0.25, -0.2) is 9.36 Å². The maximum absolute atomic E-state index is 12.3. The van der Waals surface area contributed by atoms with E-state index in [0.29, 0.717) is 5.69 Å². The third kappa shape index (κ3) is 2.27. The predicted octanol–water partition coefficient (Wildman–Crippen LogP) is 2.25. The highest BCUT2D eigenvalue weighted by Crippen LogP contribution is 2.20. The summed E-state index contributed by atoms with van der Waals surface area (Å²) in [6.07, 6.45) is 1.68. The molecule has 0 spiro atoms. The van der Waals surface area contributed by atoms with Crippen LogP contribution in [0.4, 0.5) is 0 Å². The monoisotopic (exact) mass is 280 g/mol. The van der Waals surface area contributed by atoms with Gasteiger partial charge in [-0.3, -0.25) is 4.79 Å². The van der Waals surface area contributed by atoms with Crippen LogP contribution in [-0.4, -0.2) is 19.6 Å². The van der Waals surface area contributed by atoms with Crippen molar-refractivity contribution in [2.24, 2.45) is 7.05 Å². The Balaban J connectivity index is 2.20. The average Bonchev–Trinajstić information content (AvgIpc) is 2.87. The van der Waals surface area contributed by atoms with E-state index in [1.54, 1.807) is 17.9 Å². The zero-order valence-electron chi connectivity index (χ0n) is 12.2. The fraction of sp³-hybridized carbons (Fsp3) is 0.188. The summed E-state index contributed by atoms with van der Waals surface area (Å²) in [6.45, 7) is 3.81. The molecule has 0 N–H and O–H groups in total. The topological polar surface area (TPSA) is 52.7 Å². The summed E-state index contributed by atoms with van der Waals surface area (Å²) in [6, 6.07) is 11.9. The van der Waals surface area contributed by atoms with Crippen molar-refractivity contribution in [1.29, 1.82) is 0 Å². The van der Waals surface area contributed by atoms with Crippen molar-refractivity contribution in [2.75, 3.05) is 0 Å². The predicted molar refractivity (Wildman–Crippen MR) is 81.5 cm³/mol. The highest BCUT2D eigenvalue weighted by molar-refractivity contribution is 5.60. The van der Waals surface area contributed by atoms with Gasteiger partial charge in [-0.2, -0.15) is 10.2 Å². The molecule has 2 aromatic heterocycles.